The zero-order valence-corrected chi connectivity index (χ0v) is 20.0. The van der Waals surface area contributed by atoms with Crippen LogP contribution in [0.25, 0.3) is 32.6 Å². The zero-order chi connectivity index (χ0) is 24.2. The van der Waals surface area contributed by atoms with Gasteiger partial charge in [-0.15, -0.1) is 11.3 Å². The van der Waals surface area contributed by atoms with Gasteiger partial charge in [0.15, 0.2) is 0 Å². The van der Waals surface area contributed by atoms with Crippen molar-refractivity contribution in [2.75, 3.05) is 5.32 Å². The fourth-order valence-electron chi connectivity index (χ4n) is 4.55. The molecule has 0 bridgehead atoms. The number of thiophene rings is 1. The van der Waals surface area contributed by atoms with E-state index in [9.17, 15) is 9.59 Å². The number of aliphatic carboxylic acids is 1. The number of hydrogen-bond donors (Lipinski definition) is 3. The van der Waals surface area contributed by atoms with E-state index in [1.165, 1.54) is 19.3 Å². The van der Waals surface area contributed by atoms with Crippen molar-refractivity contribution in [3.63, 3.8) is 0 Å². The van der Waals surface area contributed by atoms with Crippen molar-refractivity contribution in [1.82, 2.24) is 15.3 Å². The second kappa shape index (κ2) is 10.2. The number of anilines is 1. The maximum absolute atomic E-state index is 12.4. The predicted octanol–water partition coefficient (Wildman–Crippen LogP) is 6.11. The Labute approximate surface area is 207 Å². The largest absolute Gasteiger partial charge is 0.481 e. The van der Waals surface area contributed by atoms with Gasteiger partial charge >= 0.3 is 12.0 Å². The molecule has 2 aromatic heterocycles. The molecule has 35 heavy (non-hydrogen) atoms. The zero-order valence-electron chi connectivity index (χ0n) is 19.2. The number of aromatic nitrogens is 2. The molecular weight excluding hydrogens is 460 g/mol. The van der Waals surface area contributed by atoms with E-state index in [0.29, 0.717) is 0 Å². The third kappa shape index (κ3) is 5.33. The number of carboxylic acids is 1. The Bertz CT molecular complexity index is 1340. The summed E-state index contributed by atoms with van der Waals surface area (Å²) in [6.45, 7) is 0. The molecule has 0 unspecified atom stereocenters. The summed E-state index contributed by atoms with van der Waals surface area (Å²) in [5.41, 5.74) is 6.12. The van der Waals surface area contributed by atoms with E-state index in [0.717, 1.165) is 56.7 Å². The van der Waals surface area contributed by atoms with E-state index < -0.39 is 5.97 Å². The molecule has 1 saturated carbocycles. The highest BCUT2D eigenvalue weighted by Gasteiger charge is 2.16. The summed E-state index contributed by atoms with van der Waals surface area (Å²) in [4.78, 5) is 32.4. The number of hydrogen-bond acceptors (Lipinski definition) is 5. The van der Waals surface area contributed by atoms with Crippen molar-refractivity contribution in [3.05, 3.63) is 65.8 Å². The first kappa shape index (κ1) is 23.0. The number of fused-ring (bicyclic) bond motifs is 1. The number of benzene rings is 2. The van der Waals surface area contributed by atoms with Gasteiger partial charge in [-0.25, -0.2) is 14.8 Å². The number of nitrogens with one attached hydrogen (secondary N) is 2. The normalized spacial score (nSPS) is 14.1. The van der Waals surface area contributed by atoms with Gasteiger partial charge in [-0.05, 0) is 36.1 Å². The van der Waals surface area contributed by atoms with Crippen molar-refractivity contribution < 1.29 is 14.7 Å². The number of carboxylic acid groups (broad SMARTS) is 1. The topological polar surface area (TPSA) is 104 Å². The van der Waals surface area contributed by atoms with Crippen molar-refractivity contribution >= 4 is 39.2 Å². The lowest BCUT2D eigenvalue weighted by atomic mass is 9.96. The SMILES string of the molecule is O=C(O)Cc1ccc(-c2csc3c(-c4ccc(NC(=O)NC5CCCCC5)cc4)ncnc23)cc1. The second-order valence-electron chi connectivity index (χ2n) is 8.83. The average molecular weight is 487 g/mol. The first-order valence-corrected chi connectivity index (χ1v) is 12.7. The first-order chi connectivity index (χ1) is 17.1. The molecule has 1 aliphatic rings. The van der Waals surface area contributed by atoms with E-state index in [2.05, 4.69) is 26.0 Å². The van der Waals surface area contributed by atoms with Crippen LogP contribution in [0.4, 0.5) is 10.5 Å². The highest BCUT2D eigenvalue weighted by molar-refractivity contribution is 7.18. The van der Waals surface area contributed by atoms with E-state index in [1.54, 1.807) is 17.7 Å². The van der Waals surface area contributed by atoms with Crippen LogP contribution in [-0.2, 0) is 11.2 Å². The Kier molecular flexibility index (Phi) is 6.72. The quantitative estimate of drug-likeness (QED) is 0.305. The van der Waals surface area contributed by atoms with Crippen LogP contribution in [0.1, 0.15) is 37.7 Å². The summed E-state index contributed by atoms with van der Waals surface area (Å²) in [5.74, 6) is -0.845. The minimum Gasteiger partial charge on any atom is -0.481 e. The van der Waals surface area contributed by atoms with Crippen LogP contribution < -0.4 is 10.6 Å². The molecule has 4 aromatic rings. The molecule has 2 heterocycles. The van der Waals surface area contributed by atoms with E-state index in [4.69, 9.17) is 5.11 Å². The number of urea groups is 1. The lowest BCUT2D eigenvalue weighted by Crippen LogP contribution is -2.38. The minimum absolute atomic E-state index is 0.00404. The Morgan fingerprint density at radius 2 is 1.66 bits per heavy atom. The molecule has 1 aliphatic carbocycles. The highest BCUT2D eigenvalue weighted by Crippen LogP contribution is 2.37. The number of carbonyl (C=O) groups is 2. The average Bonchev–Trinajstić information content (AvgIpc) is 3.30. The van der Waals surface area contributed by atoms with Crippen molar-refractivity contribution in [2.45, 2.75) is 44.6 Å². The maximum Gasteiger partial charge on any atom is 0.319 e. The molecule has 0 spiro atoms. The van der Waals surface area contributed by atoms with Gasteiger partial charge in [0.2, 0.25) is 0 Å². The van der Waals surface area contributed by atoms with Crippen LogP contribution in [-0.4, -0.2) is 33.1 Å². The first-order valence-electron chi connectivity index (χ1n) is 11.8. The monoisotopic (exact) mass is 486 g/mol. The Balaban J connectivity index is 1.33. The van der Waals surface area contributed by atoms with Crippen LogP contribution in [0.2, 0.25) is 0 Å². The summed E-state index contributed by atoms with van der Waals surface area (Å²) in [7, 11) is 0. The van der Waals surface area contributed by atoms with Gasteiger partial charge in [-0.1, -0.05) is 55.7 Å². The summed E-state index contributed by atoms with van der Waals surface area (Å²) in [5, 5.41) is 17.0. The van der Waals surface area contributed by atoms with Crippen molar-refractivity contribution in [3.8, 4) is 22.4 Å². The molecule has 178 valence electrons. The summed E-state index contributed by atoms with van der Waals surface area (Å²) in [6, 6.07) is 15.3. The van der Waals surface area contributed by atoms with Crippen LogP contribution in [0.15, 0.2) is 60.2 Å². The molecule has 0 aliphatic heterocycles. The second-order valence-corrected chi connectivity index (χ2v) is 9.71. The Morgan fingerprint density at radius 3 is 2.37 bits per heavy atom. The number of nitrogens with zero attached hydrogens (tertiary/aromatic N) is 2. The Morgan fingerprint density at radius 1 is 0.943 bits per heavy atom. The van der Waals surface area contributed by atoms with Gasteiger partial charge in [0.1, 0.15) is 6.33 Å². The fraction of sp³-hybridized carbons (Fsp3) is 0.259. The lowest BCUT2D eigenvalue weighted by Gasteiger charge is -2.22. The molecule has 5 rings (SSSR count). The summed E-state index contributed by atoms with van der Waals surface area (Å²) >= 11 is 1.58. The molecule has 1 fully saturated rings. The van der Waals surface area contributed by atoms with Crippen LogP contribution in [0.5, 0.6) is 0 Å². The number of amides is 2. The summed E-state index contributed by atoms with van der Waals surface area (Å²) < 4.78 is 0.980. The van der Waals surface area contributed by atoms with Gasteiger partial charge < -0.3 is 15.7 Å². The molecule has 2 aromatic carbocycles. The van der Waals surface area contributed by atoms with E-state index >= 15 is 0 Å². The minimum atomic E-state index is -0.845. The third-order valence-electron chi connectivity index (χ3n) is 6.33. The van der Waals surface area contributed by atoms with Crippen LogP contribution in [0.3, 0.4) is 0 Å². The lowest BCUT2D eigenvalue weighted by molar-refractivity contribution is -0.136. The maximum atomic E-state index is 12.4. The number of rotatable bonds is 6. The van der Waals surface area contributed by atoms with Crippen molar-refractivity contribution in [2.24, 2.45) is 0 Å². The highest BCUT2D eigenvalue weighted by atomic mass is 32.1. The summed E-state index contributed by atoms with van der Waals surface area (Å²) in [6.07, 6.45) is 7.26. The fourth-order valence-corrected chi connectivity index (χ4v) is 5.59. The molecule has 0 saturated heterocycles. The Hall–Kier alpha value is -3.78. The molecule has 7 nitrogen and oxygen atoms in total. The van der Waals surface area contributed by atoms with E-state index in [-0.39, 0.29) is 18.5 Å². The van der Waals surface area contributed by atoms with Gasteiger partial charge in [-0.2, -0.15) is 0 Å². The molecular formula is C27H26N4O3S. The van der Waals surface area contributed by atoms with Gasteiger partial charge in [0.05, 0.1) is 22.3 Å². The molecule has 8 heteroatoms. The number of carbonyl (C=O) groups excluding carboxylic acids is 1. The van der Waals surface area contributed by atoms with E-state index in [1.807, 2.05) is 48.5 Å². The predicted molar refractivity (Wildman–Crippen MR) is 139 cm³/mol. The standard InChI is InChI=1S/C27H26N4O3S/c32-23(33)14-17-6-8-18(9-7-17)22-15-35-26-24(28-16-29-25(22)26)19-10-12-21(13-11-19)31-27(34)30-20-4-2-1-3-5-20/h6-13,15-16,20H,1-5,14H2,(H,32,33)(H2,30,31,34). The van der Waals surface area contributed by atoms with Gasteiger partial charge in [0, 0.05) is 28.2 Å². The van der Waals surface area contributed by atoms with Crippen molar-refractivity contribution in [1.29, 1.82) is 0 Å². The van der Waals surface area contributed by atoms with Gasteiger partial charge in [0.25, 0.3) is 0 Å². The molecule has 0 atom stereocenters. The smallest absolute Gasteiger partial charge is 0.319 e. The molecule has 2 amide bonds. The van der Waals surface area contributed by atoms with Crippen LogP contribution >= 0.6 is 11.3 Å². The molecule has 0 radical (unpaired) electrons. The van der Waals surface area contributed by atoms with Gasteiger partial charge in [-0.3, -0.25) is 4.79 Å². The van der Waals surface area contributed by atoms with Crippen LogP contribution in [0, 0.1) is 0 Å². The third-order valence-corrected chi connectivity index (χ3v) is 7.31. The molecule has 3 N–H and O–H groups in total.